The zero-order valence-corrected chi connectivity index (χ0v) is 11.0. The first-order valence-electron chi connectivity index (χ1n) is 5.30. The molecule has 2 aromatic rings. The second-order valence-corrected chi connectivity index (χ2v) is 5.54. The fourth-order valence-electron chi connectivity index (χ4n) is 1.43. The smallest absolute Gasteiger partial charge is 0.122 e. The number of ether oxygens (including phenoxy) is 1. The van der Waals surface area contributed by atoms with Crippen molar-refractivity contribution in [2.24, 2.45) is 0 Å². The van der Waals surface area contributed by atoms with Gasteiger partial charge < -0.3 is 9.84 Å². The summed E-state index contributed by atoms with van der Waals surface area (Å²) in [4.78, 5) is 1.09. The number of rotatable bonds is 4. The standard InChI is InChI=1S/C13H13ClO2S/c1-9(15)10-2-4-11(5-3-10)16-8-12-6-7-13(14)17-12/h2-7,9,15H,8H2,1H3/t9-/m1/s1. The fraction of sp³-hybridized carbons (Fsp3) is 0.231. The van der Waals surface area contributed by atoms with Gasteiger partial charge in [-0.2, -0.15) is 0 Å². The molecule has 90 valence electrons. The molecule has 1 heterocycles. The molecule has 0 unspecified atom stereocenters. The predicted molar refractivity (Wildman–Crippen MR) is 70.7 cm³/mol. The normalized spacial score (nSPS) is 12.4. The van der Waals surface area contributed by atoms with E-state index in [-0.39, 0.29) is 0 Å². The molecule has 1 aromatic carbocycles. The first-order valence-corrected chi connectivity index (χ1v) is 6.49. The molecule has 1 atom stereocenters. The molecule has 2 nitrogen and oxygen atoms in total. The van der Waals surface area contributed by atoms with Crippen LogP contribution in [0.3, 0.4) is 0 Å². The molecule has 1 aromatic heterocycles. The molecule has 2 rings (SSSR count). The SMILES string of the molecule is C[C@@H](O)c1ccc(OCc2ccc(Cl)s2)cc1. The van der Waals surface area contributed by atoms with Crippen molar-refractivity contribution in [1.29, 1.82) is 0 Å². The van der Waals surface area contributed by atoms with E-state index >= 15 is 0 Å². The van der Waals surface area contributed by atoms with Crippen LogP contribution in [-0.4, -0.2) is 5.11 Å². The monoisotopic (exact) mass is 268 g/mol. The van der Waals surface area contributed by atoms with Crippen LogP contribution in [0.4, 0.5) is 0 Å². The molecule has 0 aliphatic rings. The molecule has 0 bridgehead atoms. The molecule has 0 saturated heterocycles. The van der Waals surface area contributed by atoms with Gasteiger partial charge in [0.05, 0.1) is 10.4 Å². The van der Waals surface area contributed by atoms with E-state index < -0.39 is 6.10 Å². The van der Waals surface area contributed by atoms with Crippen LogP contribution in [0.5, 0.6) is 5.75 Å². The lowest BCUT2D eigenvalue weighted by atomic mass is 10.1. The van der Waals surface area contributed by atoms with Crippen LogP contribution in [0.15, 0.2) is 36.4 Å². The lowest BCUT2D eigenvalue weighted by molar-refractivity contribution is 0.199. The second-order valence-electron chi connectivity index (χ2n) is 3.74. The van der Waals surface area contributed by atoms with E-state index in [0.29, 0.717) is 6.61 Å². The summed E-state index contributed by atoms with van der Waals surface area (Å²) >= 11 is 7.35. The van der Waals surface area contributed by atoms with Crippen molar-refractivity contribution in [2.45, 2.75) is 19.6 Å². The summed E-state index contributed by atoms with van der Waals surface area (Å²) < 4.78 is 6.38. The number of hydrogen-bond donors (Lipinski definition) is 1. The first-order chi connectivity index (χ1) is 8.15. The molecule has 0 fully saturated rings. The van der Waals surface area contributed by atoms with Gasteiger partial charge in [-0.05, 0) is 36.8 Å². The molecule has 1 N–H and O–H groups in total. The minimum absolute atomic E-state index is 0.444. The summed E-state index contributed by atoms with van der Waals surface area (Å²) in [6.07, 6.45) is -0.444. The minimum Gasteiger partial charge on any atom is -0.488 e. The van der Waals surface area contributed by atoms with Crippen molar-refractivity contribution in [2.75, 3.05) is 0 Å². The summed E-state index contributed by atoms with van der Waals surface area (Å²) in [5.41, 5.74) is 0.886. The van der Waals surface area contributed by atoms with Crippen molar-refractivity contribution in [3.63, 3.8) is 0 Å². The Hall–Kier alpha value is -1.03. The number of aliphatic hydroxyl groups is 1. The molecule has 0 amide bonds. The van der Waals surface area contributed by atoms with E-state index in [1.54, 1.807) is 6.92 Å². The van der Waals surface area contributed by atoms with Crippen LogP contribution in [0.1, 0.15) is 23.5 Å². The van der Waals surface area contributed by atoms with Gasteiger partial charge in [0.25, 0.3) is 0 Å². The van der Waals surface area contributed by atoms with Gasteiger partial charge in [-0.15, -0.1) is 11.3 Å². The van der Waals surface area contributed by atoms with Crippen molar-refractivity contribution in [3.05, 3.63) is 51.2 Å². The molecular formula is C13H13ClO2S. The summed E-state index contributed by atoms with van der Waals surface area (Å²) in [6.45, 7) is 2.26. The maximum atomic E-state index is 9.37. The first kappa shape index (κ1) is 12.4. The second kappa shape index (κ2) is 5.54. The summed E-state index contributed by atoms with van der Waals surface area (Å²) in [7, 11) is 0. The van der Waals surface area contributed by atoms with E-state index in [1.807, 2.05) is 36.4 Å². The van der Waals surface area contributed by atoms with Gasteiger partial charge in [0.15, 0.2) is 0 Å². The van der Waals surface area contributed by atoms with Crippen molar-refractivity contribution >= 4 is 22.9 Å². The van der Waals surface area contributed by atoms with Crippen LogP contribution in [0.25, 0.3) is 0 Å². The quantitative estimate of drug-likeness (QED) is 0.907. The third kappa shape index (κ3) is 3.46. The highest BCUT2D eigenvalue weighted by molar-refractivity contribution is 7.16. The fourth-order valence-corrected chi connectivity index (χ4v) is 2.43. The molecular weight excluding hydrogens is 256 g/mol. The maximum absolute atomic E-state index is 9.37. The Bertz CT molecular complexity index is 476. The summed E-state index contributed by atoms with van der Waals surface area (Å²) in [5.74, 6) is 0.791. The van der Waals surface area contributed by atoms with Crippen molar-refractivity contribution in [1.82, 2.24) is 0 Å². The van der Waals surface area contributed by atoms with E-state index in [4.69, 9.17) is 16.3 Å². The number of aliphatic hydroxyl groups excluding tert-OH is 1. The molecule has 0 saturated carbocycles. The Labute approximate surface area is 109 Å². The molecule has 0 spiro atoms. The maximum Gasteiger partial charge on any atom is 0.122 e. The van der Waals surface area contributed by atoms with Gasteiger partial charge in [0.1, 0.15) is 12.4 Å². The third-order valence-corrected chi connectivity index (χ3v) is 3.58. The Morgan fingerprint density at radius 1 is 1.24 bits per heavy atom. The summed E-state index contributed by atoms with van der Waals surface area (Å²) in [6, 6.07) is 11.3. The van der Waals surface area contributed by atoms with Gasteiger partial charge >= 0.3 is 0 Å². The number of thiophene rings is 1. The Morgan fingerprint density at radius 3 is 2.47 bits per heavy atom. The Balaban J connectivity index is 1.95. The van der Waals surface area contributed by atoms with Crippen LogP contribution in [-0.2, 0) is 6.61 Å². The molecule has 0 aliphatic heterocycles. The molecule has 0 radical (unpaired) electrons. The largest absolute Gasteiger partial charge is 0.488 e. The van der Waals surface area contributed by atoms with E-state index in [1.165, 1.54) is 11.3 Å². The Morgan fingerprint density at radius 2 is 1.94 bits per heavy atom. The van der Waals surface area contributed by atoms with E-state index in [9.17, 15) is 5.11 Å². The minimum atomic E-state index is -0.444. The van der Waals surface area contributed by atoms with E-state index in [0.717, 1.165) is 20.5 Å². The zero-order valence-electron chi connectivity index (χ0n) is 9.39. The van der Waals surface area contributed by atoms with Gasteiger partial charge in [0, 0.05) is 4.88 Å². The number of benzene rings is 1. The summed E-state index contributed by atoms with van der Waals surface area (Å²) in [5, 5.41) is 9.37. The average Bonchev–Trinajstić information content (AvgIpc) is 2.73. The van der Waals surface area contributed by atoms with Crippen LogP contribution in [0, 0.1) is 0 Å². The third-order valence-electron chi connectivity index (χ3n) is 2.37. The van der Waals surface area contributed by atoms with Gasteiger partial charge in [-0.1, -0.05) is 23.7 Å². The highest BCUT2D eigenvalue weighted by Gasteiger charge is 2.02. The molecule has 4 heteroatoms. The Kier molecular flexibility index (Phi) is 4.05. The lowest BCUT2D eigenvalue weighted by Gasteiger charge is -2.07. The van der Waals surface area contributed by atoms with Gasteiger partial charge in [-0.3, -0.25) is 0 Å². The lowest BCUT2D eigenvalue weighted by Crippen LogP contribution is -1.94. The highest BCUT2D eigenvalue weighted by Crippen LogP contribution is 2.23. The van der Waals surface area contributed by atoms with Crippen LogP contribution in [0.2, 0.25) is 4.34 Å². The zero-order chi connectivity index (χ0) is 12.3. The van der Waals surface area contributed by atoms with Gasteiger partial charge in [-0.25, -0.2) is 0 Å². The molecule has 17 heavy (non-hydrogen) atoms. The number of hydrogen-bond acceptors (Lipinski definition) is 3. The highest BCUT2D eigenvalue weighted by atomic mass is 35.5. The van der Waals surface area contributed by atoms with Crippen molar-refractivity contribution < 1.29 is 9.84 Å². The molecule has 0 aliphatic carbocycles. The van der Waals surface area contributed by atoms with Gasteiger partial charge in [0.2, 0.25) is 0 Å². The topological polar surface area (TPSA) is 29.5 Å². The van der Waals surface area contributed by atoms with Crippen LogP contribution >= 0.6 is 22.9 Å². The van der Waals surface area contributed by atoms with E-state index in [2.05, 4.69) is 0 Å². The van der Waals surface area contributed by atoms with Crippen LogP contribution < -0.4 is 4.74 Å². The number of halogens is 1. The predicted octanol–water partition coefficient (Wildman–Crippen LogP) is 4.03. The van der Waals surface area contributed by atoms with Crippen molar-refractivity contribution in [3.8, 4) is 5.75 Å². The average molecular weight is 269 g/mol.